The van der Waals surface area contributed by atoms with Crippen LogP contribution in [0.4, 0.5) is 17.1 Å². The summed E-state index contributed by atoms with van der Waals surface area (Å²) in [6.45, 7) is 1.39. The molecule has 4 aromatic rings. The van der Waals surface area contributed by atoms with Gasteiger partial charge in [0.2, 0.25) is 0 Å². The molecule has 0 aliphatic rings. The molecule has 0 spiro atoms. The van der Waals surface area contributed by atoms with Gasteiger partial charge in [-0.1, -0.05) is 53.2 Å². The molecule has 4 aromatic carbocycles. The van der Waals surface area contributed by atoms with E-state index < -0.39 is 26.7 Å². The molecule has 1 amide bonds. The Bertz CT molecular complexity index is 1700. The maximum atomic E-state index is 13.4. The summed E-state index contributed by atoms with van der Waals surface area (Å²) >= 11 is 12.4. The average Bonchev–Trinajstić information content (AvgIpc) is 2.85. The van der Waals surface area contributed by atoms with E-state index in [9.17, 15) is 22.9 Å². The van der Waals surface area contributed by atoms with Crippen molar-refractivity contribution in [2.75, 3.05) is 12.4 Å². The number of nitrogens with zero attached hydrogens (tertiary/aromatic N) is 2. The molecule has 38 heavy (non-hydrogen) atoms. The van der Waals surface area contributed by atoms with Gasteiger partial charge in [-0.3, -0.25) is 9.35 Å². The first-order chi connectivity index (χ1) is 17.5. The summed E-state index contributed by atoms with van der Waals surface area (Å²) in [7, 11) is -3.09. The van der Waals surface area contributed by atoms with Crippen LogP contribution in [0.25, 0.3) is 10.8 Å². The zero-order valence-corrected chi connectivity index (χ0v) is 24.6. The Hall–Kier alpha value is -2.70. The fourth-order valence-electron chi connectivity index (χ4n) is 3.65. The number of ether oxygens (including phenoxy) is 1. The van der Waals surface area contributed by atoms with Crippen LogP contribution in [0.2, 0.25) is 10.0 Å². The van der Waals surface area contributed by atoms with Gasteiger partial charge in [0, 0.05) is 17.0 Å². The first-order valence-corrected chi connectivity index (χ1v) is 12.8. The van der Waals surface area contributed by atoms with E-state index in [-0.39, 0.29) is 67.8 Å². The normalized spacial score (nSPS) is 11.4. The minimum Gasteiger partial charge on any atom is -0.870 e. The molecule has 0 unspecified atom stereocenters. The van der Waals surface area contributed by atoms with Gasteiger partial charge in [-0.15, -0.1) is 5.11 Å². The summed E-state index contributed by atoms with van der Waals surface area (Å²) in [5.41, 5.74) is -0.157. The van der Waals surface area contributed by atoms with Crippen molar-refractivity contribution in [1.82, 2.24) is 0 Å². The van der Waals surface area contributed by atoms with Crippen LogP contribution in [0.15, 0.2) is 75.8 Å². The van der Waals surface area contributed by atoms with Crippen LogP contribution in [-0.4, -0.2) is 26.0 Å². The van der Waals surface area contributed by atoms with Gasteiger partial charge >= 0.3 is 29.6 Å². The van der Waals surface area contributed by atoms with E-state index in [1.807, 2.05) is 0 Å². The number of nitrogens with one attached hydrogen (secondary N) is 1. The maximum Gasteiger partial charge on any atom is 1.00 e. The fourth-order valence-corrected chi connectivity index (χ4v) is 4.78. The summed E-state index contributed by atoms with van der Waals surface area (Å²) in [5.74, 6) is -1.00. The number of hydrogen-bond acceptors (Lipinski definition) is 7. The van der Waals surface area contributed by atoms with Crippen LogP contribution in [0, 0.1) is 6.92 Å². The number of methoxy groups -OCH3 is 1. The SMILES string of the molecule is COc1ccc(Cl)c(NC(=O)c2cc3ccccc3c(N=Nc3c(Cl)ccc(S(=O)(=O)O)c3C)c2[O-])c1.[Na+]. The predicted molar refractivity (Wildman–Crippen MR) is 140 cm³/mol. The van der Waals surface area contributed by atoms with E-state index in [4.69, 9.17) is 27.9 Å². The number of benzene rings is 4. The number of halogens is 2. The fraction of sp³-hybridized carbons (Fsp3) is 0.0800. The molecular weight excluding hydrogens is 564 g/mol. The standard InChI is InChI=1S/C25H19Cl2N3O6S.Na/c1-13-21(37(33,34)35)10-9-19(27)22(13)29-30-23-16-6-4-3-5-14(16)11-17(24(23)31)25(32)28-20-12-15(36-2)7-8-18(20)26;/h3-12,31H,1-2H3,(H,28,32)(H,33,34,35);/q;+1/p-1. The summed E-state index contributed by atoms with van der Waals surface area (Å²) in [5, 5.41) is 25.3. The van der Waals surface area contributed by atoms with Crippen molar-refractivity contribution in [2.45, 2.75) is 11.8 Å². The number of anilines is 1. The van der Waals surface area contributed by atoms with E-state index in [1.54, 1.807) is 36.4 Å². The molecule has 0 saturated heterocycles. The number of rotatable bonds is 6. The number of azo groups is 1. The van der Waals surface area contributed by atoms with E-state index in [0.717, 1.165) is 6.07 Å². The van der Waals surface area contributed by atoms with Crippen molar-refractivity contribution < 1.29 is 57.2 Å². The van der Waals surface area contributed by atoms with Gasteiger partial charge in [0.15, 0.2) is 0 Å². The third-order valence-corrected chi connectivity index (χ3v) is 7.13. The second kappa shape index (κ2) is 12.0. The molecule has 13 heteroatoms. The van der Waals surface area contributed by atoms with Crippen LogP contribution < -0.4 is 44.7 Å². The van der Waals surface area contributed by atoms with Crippen LogP contribution in [0.5, 0.6) is 11.5 Å². The third-order valence-electron chi connectivity index (χ3n) is 5.50. The van der Waals surface area contributed by atoms with Crippen molar-refractivity contribution in [1.29, 1.82) is 0 Å². The maximum absolute atomic E-state index is 13.4. The molecule has 0 aliphatic heterocycles. The Morgan fingerprint density at radius 2 is 1.66 bits per heavy atom. The van der Waals surface area contributed by atoms with Crippen LogP contribution >= 0.6 is 23.2 Å². The van der Waals surface area contributed by atoms with Crippen molar-refractivity contribution in [3.63, 3.8) is 0 Å². The zero-order chi connectivity index (χ0) is 26.9. The van der Waals surface area contributed by atoms with Crippen molar-refractivity contribution in [3.05, 3.63) is 81.8 Å². The molecule has 190 valence electrons. The summed E-state index contributed by atoms with van der Waals surface area (Å²) in [4.78, 5) is 12.7. The van der Waals surface area contributed by atoms with Gasteiger partial charge in [0.25, 0.3) is 16.0 Å². The summed E-state index contributed by atoms with van der Waals surface area (Å²) < 4.78 is 38.0. The molecule has 0 bridgehead atoms. The van der Waals surface area contributed by atoms with Crippen molar-refractivity contribution in [3.8, 4) is 11.5 Å². The molecule has 4 rings (SSSR count). The van der Waals surface area contributed by atoms with E-state index in [1.165, 1.54) is 32.2 Å². The van der Waals surface area contributed by atoms with Gasteiger partial charge in [0.05, 0.1) is 33.4 Å². The molecule has 0 atom stereocenters. The number of amides is 1. The van der Waals surface area contributed by atoms with Crippen molar-refractivity contribution in [2.24, 2.45) is 10.2 Å². The van der Waals surface area contributed by atoms with Crippen molar-refractivity contribution >= 4 is 67.1 Å². The van der Waals surface area contributed by atoms with E-state index in [0.29, 0.717) is 16.5 Å². The third kappa shape index (κ3) is 6.13. The minimum absolute atomic E-state index is 0. The Morgan fingerprint density at radius 3 is 2.34 bits per heavy atom. The molecule has 0 fully saturated rings. The average molecular weight is 582 g/mol. The molecule has 0 aliphatic carbocycles. The van der Waals surface area contributed by atoms with Crippen LogP contribution in [0.3, 0.4) is 0 Å². The Kier molecular flexibility index (Phi) is 9.43. The second-order valence-electron chi connectivity index (χ2n) is 7.82. The molecule has 2 N–H and O–H groups in total. The number of fused-ring (bicyclic) bond motifs is 1. The Balaban J connectivity index is 0.00000400. The molecule has 0 radical (unpaired) electrons. The summed E-state index contributed by atoms with van der Waals surface area (Å²) in [6.07, 6.45) is 0. The first kappa shape index (κ1) is 29.9. The molecule has 0 heterocycles. The van der Waals surface area contributed by atoms with Gasteiger partial charge < -0.3 is 15.2 Å². The van der Waals surface area contributed by atoms with E-state index >= 15 is 0 Å². The predicted octanol–water partition coefficient (Wildman–Crippen LogP) is 3.46. The van der Waals surface area contributed by atoms with Gasteiger partial charge in [-0.2, -0.15) is 13.5 Å². The van der Waals surface area contributed by atoms with Gasteiger partial charge in [0.1, 0.15) is 11.4 Å². The largest absolute Gasteiger partial charge is 1.00 e. The Morgan fingerprint density at radius 1 is 1.00 bits per heavy atom. The second-order valence-corrected chi connectivity index (χ2v) is 10.0. The summed E-state index contributed by atoms with van der Waals surface area (Å²) in [6, 6.07) is 15.2. The minimum atomic E-state index is -4.55. The zero-order valence-electron chi connectivity index (χ0n) is 20.3. The molecular formula is C25H18Cl2N3NaO6S. The molecule has 9 nitrogen and oxygen atoms in total. The van der Waals surface area contributed by atoms with Gasteiger partial charge in [-0.05, 0) is 48.2 Å². The Labute approximate surface area is 250 Å². The van der Waals surface area contributed by atoms with Crippen LogP contribution in [-0.2, 0) is 10.1 Å². The topological polar surface area (TPSA) is 140 Å². The monoisotopic (exact) mass is 581 g/mol. The van der Waals surface area contributed by atoms with Crippen LogP contribution in [0.1, 0.15) is 15.9 Å². The number of carbonyl (C=O) groups is 1. The molecule has 0 saturated carbocycles. The van der Waals surface area contributed by atoms with E-state index in [2.05, 4.69) is 15.5 Å². The van der Waals surface area contributed by atoms with Gasteiger partial charge in [-0.25, -0.2) is 0 Å². The quantitative estimate of drug-likeness (QED) is 0.203. The molecule has 0 aromatic heterocycles. The number of hydrogen-bond donors (Lipinski definition) is 2. The smallest absolute Gasteiger partial charge is 0.870 e. The number of carbonyl (C=O) groups excluding carboxylic acids is 1. The first-order valence-electron chi connectivity index (χ1n) is 10.6.